The molecule has 6 fully saturated rings. The predicted molar refractivity (Wildman–Crippen MR) is 149 cm³/mol. The van der Waals surface area contributed by atoms with Crippen molar-refractivity contribution in [1.82, 2.24) is 0 Å². The van der Waals surface area contributed by atoms with Crippen LogP contribution in [0.4, 0.5) is 0 Å². The lowest BCUT2D eigenvalue weighted by molar-refractivity contribution is -0.232. The molecule has 2 N–H and O–H groups in total. The predicted octanol–water partition coefficient (Wildman–Crippen LogP) is 5.54. The third kappa shape index (κ3) is 3.44. The first-order valence-electron chi connectivity index (χ1n) is 15.4. The summed E-state index contributed by atoms with van der Waals surface area (Å²) < 4.78 is 12.0. The van der Waals surface area contributed by atoms with Gasteiger partial charge in [0.05, 0.1) is 12.2 Å². The molecular weight excluding hydrogens is 492 g/mol. The minimum atomic E-state index is -1.90. The summed E-state index contributed by atoms with van der Waals surface area (Å²) >= 11 is 0. The fraction of sp³-hybridized carbons (Fsp3) is 0.906. The number of carbonyl (C=O) groups excluding carboxylic acids is 1. The first kappa shape index (κ1) is 27.3. The molecule has 212 valence electrons. The van der Waals surface area contributed by atoms with Crippen LogP contribution in [0.5, 0.6) is 0 Å². The maximum atomic E-state index is 12.6. The van der Waals surface area contributed by atoms with Crippen LogP contribution in [-0.2, 0) is 14.0 Å². The summed E-state index contributed by atoms with van der Waals surface area (Å²) in [6, 6.07) is 0. The molecule has 0 heterocycles. The van der Waals surface area contributed by atoms with E-state index in [-0.39, 0.29) is 27.9 Å². The van der Waals surface area contributed by atoms with E-state index < -0.39 is 25.5 Å². The first-order chi connectivity index (χ1) is 17.5. The van der Waals surface area contributed by atoms with E-state index in [4.69, 9.17) is 9.16 Å². The average molecular weight is 543 g/mol. The molecule has 6 saturated carbocycles. The summed E-state index contributed by atoms with van der Waals surface area (Å²) in [5.74, 6) is 8.17. The zero-order valence-corrected chi connectivity index (χ0v) is 25.9. The molecule has 6 heteroatoms. The number of fused-ring (bicyclic) bond motifs is 10. The lowest BCUT2D eigenvalue weighted by Crippen LogP contribution is -2.66. The van der Waals surface area contributed by atoms with Gasteiger partial charge >= 0.3 is 5.97 Å². The molecule has 0 radical (unpaired) electrons. The third-order valence-electron chi connectivity index (χ3n) is 13.5. The van der Waals surface area contributed by atoms with E-state index in [9.17, 15) is 15.0 Å². The Morgan fingerprint density at radius 3 is 2.32 bits per heavy atom. The van der Waals surface area contributed by atoms with Crippen LogP contribution in [0.1, 0.15) is 86.5 Å². The summed E-state index contributed by atoms with van der Waals surface area (Å²) in [4.78, 5) is 12.1. The van der Waals surface area contributed by atoms with Gasteiger partial charge in [0.1, 0.15) is 5.60 Å². The van der Waals surface area contributed by atoms with Crippen molar-refractivity contribution in [3.8, 4) is 11.8 Å². The zero-order valence-electron chi connectivity index (χ0n) is 24.9. The number of hydrogen-bond acceptors (Lipinski definition) is 5. The van der Waals surface area contributed by atoms with E-state index in [0.29, 0.717) is 42.1 Å². The molecule has 0 aromatic rings. The maximum absolute atomic E-state index is 12.6. The smallest absolute Gasteiger partial charge is 0.384 e. The van der Waals surface area contributed by atoms with Gasteiger partial charge in [-0.1, -0.05) is 40.5 Å². The van der Waals surface area contributed by atoms with E-state index in [2.05, 4.69) is 59.6 Å². The van der Waals surface area contributed by atoms with Gasteiger partial charge in [-0.2, -0.15) is 0 Å². The maximum Gasteiger partial charge on any atom is 0.384 e. The van der Waals surface area contributed by atoms with Crippen molar-refractivity contribution in [3.63, 3.8) is 0 Å². The fourth-order valence-corrected chi connectivity index (χ4v) is 11.8. The second kappa shape index (κ2) is 8.11. The van der Waals surface area contributed by atoms with Crippen molar-refractivity contribution in [2.24, 2.45) is 52.3 Å². The largest absolute Gasteiger partial charge is 0.456 e. The van der Waals surface area contributed by atoms with E-state index in [0.717, 1.165) is 44.9 Å². The van der Waals surface area contributed by atoms with Gasteiger partial charge in [-0.15, -0.1) is 0 Å². The van der Waals surface area contributed by atoms with E-state index >= 15 is 0 Å². The van der Waals surface area contributed by atoms with Crippen molar-refractivity contribution >= 4 is 14.3 Å². The van der Waals surface area contributed by atoms with Crippen LogP contribution in [0.3, 0.4) is 0 Å². The molecule has 0 aromatic carbocycles. The Labute approximate surface area is 230 Å². The number of rotatable bonds is 3. The zero-order chi connectivity index (χ0) is 27.7. The highest BCUT2D eigenvalue weighted by Gasteiger charge is 2.81. The second-order valence-corrected chi connectivity index (χ2v) is 20.8. The normalized spacial score (nSPS) is 52.3. The second-order valence-electron chi connectivity index (χ2n) is 16.0. The molecule has 38 heavy (non-hydrogen) atoms. The summed E-state index contributed by atoms with van der Waals surface area (Å²) in [6.45, 7) is 18.3. The van der Waals surface area contributed by atoms with E-state index in [1.165, 1.54) is 0 Å². The van der Waals surface area contributed by atoms with Crippen LogP contribution in [0.2, 0.25) is 18.1 Å². The number of ether oxygens (including phenoxy) is 1. The van der Waals surface area contributed by atoms with Gasteiger partial charge in [0.15, 0.2) is 8.32 Å². The van der Waals surface area contributed by atoms with Crippen molar-refractivity contribution in [3.05, 3.63) is 0 Å². The summed E-state index contributed by atoms with van der Waals surface area (Å²) in [6.07, 6.45) is 7.05. The number of carbonyl (C=O) groups is 1. The molecule has 0 aromatic heterocycles. The van der Waals surface area contributed by atoms with Gasteiger partial charge < -0.3 is 19.4 Å². The highest BCUT2D eigenvalue weighted by Crippen LogP contribution is 2.81. The highest BCUT2D eigenvalue weighted by molar-refractivity contribution is 6.74. The van der Waals surface area contributed by atoms with E-state index in [1.54, 1.807) is 6.92 Å². The van der Waals surface area contributed by atoms with Gasteiger partial charge in [0, 0.05) is 29.8 Å². The molecule has 0 bridgehead atoms. The lowest BCUT2D eigenvalue weighted by atomic mass is 9.42. The van der Waals surface area contributed by atoms with Crippen molar-refractivity contribution in [1.29, 1.82) is 0 Å². The van der Waals surface area contributed by atoms with Crippen LogP contribution in [0, 0.1) is 64.1 Å². The Hall–Kier alpha value is -0.873. The van der Waals surface area contributed by atoms with Gasteiger partial charge in [-0.25, -0.2) is 4.79 Å². The number of aliphatic hydroxyl groups is 2. The summed E-state index contributed by atoms with van der Waals surface area (Å²) in [5.41, 5.74) is -2.18. The van der Waals surface area contributed by atoms with Crippen LogP contribution in [0.15, 0.2) is 0 Å². The minimum absolute atomic E-state index is 0.105. The van der Waals surface area contributed by atoms with Crippen LogP contribution in [0.25, 0.3) is 0 Å². The summed E-state index contributed by atoms with van der Waals surface area (Å²) in [7, 11) is -1.90. The molecule has 3 unspecified atom stereocenters. The molecule has 0 saturated heterocycles. The number of esters is 1. The molecule has 6 aliphatic carbocycles. The standard InChI is InChI=1S/C32H50O5Si/c1-9-36-25(33)12-15-31(34)24-17-21(24)27-26-20-16-23(20)32(35)18-19(37-38(7,8)28(2,3)4)10-13-29(32,5)22(26)11-14-30(27,31)6/h19-24,26-27,34-35H,9-11,13-14,16-18H2,1-8H3/t19-,20-,21+,22?,23+,24-,26?,27?,29+,30-,31-,32+/m0/s1. The molecule has 6 rings (SSSR count). The van der Waals surface area contributed by atoms with Gasteiger partial charge in [-0.3, -0.25) is 0 Å². The summed E-state index contributed by atoms with van der Waals surface area (Å²) in [5, 5.41) is 24.8. The van der Waals surface area contributed by atoms with Crippen molar-refractivity contribution in [2.45, 2.75) is 122 Å². The van der Waals surface area contributed by atoms with Gasteiger partial charge in [0.2, 0.25) is 0 Å². The minimum Gasteiger partial charge on any atom is -0.456 e. The van der Waals surface area contributed by atoms with Crippen molar-refractivity contribution in [2.75, 3.05) is 6.61 Å². The molecule has 5 nitrogen and oxygen atoms in total. The topological polar surface area (TPSA) is 76.0 Å². The molecule has 0 spiro atoms. The Morgan fingerprint density at radius 2 is 1.66 bits per heavy atom. The fourth-order valence-electron chi connectivity index (χ4n) is 10.4. The Morgan fingerprint density at radius 1 is 1.00 bits per heavy atom. The van der Waals surface area contributed by atoms with Crippen molar-refractivity contribution < 1.29 is 24.2 Å². The van der Waals surface area contributed by atoms with Gasteiger partial charge in [0.25, 0.3) is 0 Å². The number of hydrogen-bond donors (Lipinski definition) is 2. The molecule has 12 atom stereocenters. The average Bonchev–Trinajstić information content (AvgIpc) is 3.71. The molecular formula is C32H50O5Si. The van der Waals surface area contributed by atoms with Gasteiger partial charge in [-0.05, 0) is 105 Å². The third-order valence-corrected chi connectivity index (χ3v) is 18.0. The quantitative estimate of drug-likeness (QED) is 0.212. The van der Waals surface area contributed by atoms with E-state index in [1.807, 2.05) is 0 Å². The van der Waals surface area contributed by atoms with Crippen LogP contribution in [-0.4, -0.2) is 48.4 Å². The Balaban J connectivity index is 1.28. The Kier molecular flexibility index (Phi) is 5.83. The molecule has 0 aliphatic heterocycles. The molecule has 6 aliphatic rings. The lowest BCUT2D eigenvalue weighted by Gasteiger charge is -2.65. The van der Waals surface area contributed by atoms with Crippen LogP contribution >= 0.6 is 0 Å². The molecule has 0 amide bonds. The first-order valence-corrected chi connectivity index (χ1v) is 18.3. The highest BCUT2D eigenvalue weighted by atomic mass is 28.4. The Bertz CT molecular complexity index is 1090. The SMILES string of the molecule is CCOC(=O)C#C[C@]1(O)[C@H]2C[C@H]2C2C3C(CC[C@@]21C)[C@@]1(C)CC[C@H](O[Si](C)(C)C(C)(C)C)C[C@@]1(O)[C@@H]1C[C@H]31. The van der Waals surface area contributed by atoms with Crippen LogP contribution < -0.4 is 0 Å². The monoisotopic (exact) mass is 542 g/mol.